The van der Waals surface area contributed by atoms with E-state index in [9.17, 15) is 15.0 Å². The first-order valence-corrected chi connectivity index (χ1v) is 11.3. The topological polar surface area (TPSA) is 97.7 Å². The maximum Gasteiger partial charge on any atom is 0.236 e. The van der Waals surface area contributed by atoms with Gasteiger partial charge in [-0.15, -0.1) is 0 Å². The largest absolute Gasteiger partial charge is 0.504 e. The molecule has 8 heteroatoms. The van der Waals surface area contributed by atoms with Crippen LogP contribution < -0.4 is 23.8 Å². The van der Waals surface area contributed by atoms with Crippen molar-refractivity contribution >= 4 is 17.7 Å². The Bertz CT molecular complexity index is 1230. The summed E-state index contributed by atoms with van der Waals surface area (Å²) in [5.74, 6) is 0.370. The molecule has 4 rings (SSSR count). The molecule has 0 radical (unpaired) electrons. The number of hydrogen-bond acceptors (Lipinski definition) is 7. The molecule has 36 heavy (non-hydrogen) atoms. The van der Waals surface area contributed by atoms with E-state index < -0.39 is 18.1 Å². The minimum Gasteiger partial charge on any atom is -0.504 e. The third kappa shape index (κ3) is 4.55. The van der Waals surface area contributed by atoms with Gasteiger partial charge in [0.25, 0.3) is 0 Å². The monoisotopic (exact) mass is 491 g/mol. The molecule has 0 spiro atoms. The Labute approximate surface area is 209 Å². The van der Waals surface area contributed by atoms with Gasteiger partial charge in [0.1, 0.15) is 0 Å². The molecule has 3 atom stereocenters. The van der Waals surface area contributed by atoms with Gasteiger partial charge in [0.2, 0.25) is 11.7 Å². The predicted octanol–water partition coefficient (Wildman–Crippen LogP) is 4.21. The zero-order valence-corrected chi connectivity index (χ0v) is 20.5. The lowest BCUT2D eigenvalue weighted by atomic mass is 9.78. The summed E-state index contributed by atoms with van der Waals surface area (Å²) >= 11 is 0. The summed E-state index contributed by atoms with van der Waals surface area (Å²) < 4.78 is 21.5. The van der Waals surface area contributed by atoms with Gasteiger partial charge in [0.15, 0.2) is 23.0 Å². The second-order valence-electron chi connectivity index (χ2n) is 8.25. The molecule has 1 aliphatic rings. The number of β-lactam (4-membered cyclic amide) rings is 1. The molecule has 3 aromatic rings. The van der Waals surface area contributed by atoms with Crippen LogP contribution in [0.5, 0.6) is 28.7 Å². The van der Waals surface area contributed by atoms with Crippen LogP contribution in [0.25, 0.3) is 6.08 Å². The van der Waals surface area contributed by atoms with E-state index in [4.69, 9.17) is 18.9 Å². The smallest absolute Gasteiger partial charge is 0.236 e. The average molecular weight is 492 g/mol. The summed E-state index contributed by atoms with van der Waals surface area (Å²) in [5, 5.41) is 21.5. The highest BCUT2D eigenvalue weighted by Crippen LogP contribution is 2.50. The highest BCUT2D eigenvalue weighted by Gasteiger charge is 2.52. The molecule has 0 bridgehead atoms. The van der Waals surface area contributed by atoms with Crippen LogP contribution in [0.2, 0.25) is 0 Å². The van der Waals surface area contributed by atoms with Crippen LogP contribution in [0, 0.1) is 5.92 Å². The molecule has 1 heterocycles. The van der Waals surface area contributed by atoms with Crippen molar-refractivity contribution in [3.63, 3.8) is 0 Å². The maximum absolute atomic E-state index is 13.5. The molecular weight excluding hydrogens is 462 g/mol. The number of aliphatic hydroxyl groups is 1. The summed E-state index contributed by atoms with van der Waals surface area (Å²) in [6.07, 6.45) is 2.33. The Morgan fingerprint density at radius 3 is 2.06 bits per heavy atom. The van der Waals surface area contributed by atoms with E-state index in [0.717, 1.165) is 5.56 Å². The number of methoxy groups -OCH3 is 4. The zero-order chi connectivity index (χ0) is 25.8. The van der Waals surface area contributed by atoms with Crippen molar-refractivity contribution in [1.82, 2.24) is 0 Å². The first-order chi connectivity index (χ1) is 17.4. The van der Waals surface area contributed by atoms with E-state index >= 15 is 0 Å². The minimum atomic E-state index is -1.06. The molecule has 2 N–H and O–H groups in total. The number of ether oxygens (including phenoxy) is 4. The molecule has 8 nitrogen and oxygen atoms in total. The Morgan fingerprint density at radius 1 is 0.861 bits per heavy atom. The fraction of sp³-hybridized carbons (Fsp3) is 0.250. The zero-order valence-electron chi connectivity index (χ0n) is 20.5. The number of carbonyl (C=O) groups excluding carboxylic acids is 1. The third-order valence-corrected chi connectivity index (χ3v) is 6.27. The molecule has 1 aliphatic heterocycles. The van der Waals surface area contributed by atoms with Gasteiger partial charge in [-0.3, -0.25) is 4.79 Å². The highest BCUT2D eigenvalue weighted by atomic mass is 16.5. The molecule has 1 amide bonds. The quantitative estimate of drug-likeness (QED) is 0.433. The van der Waals surface area contributed by atoms with Gasteiger partial charge in [-0.05, 0) is 23.3 Å². The number of rotatable bonds is 9. The molecule has 3 unspecified atom stereocenters. The number of aromatic hydroxyl groups is 1. The maximum atomic E-state index is 13.5. The van der Waals surface area contributed by atoms with Crippen molar-refractivity contribution in [1.29, 1.82) is 0 Å². The van der Waals surface area contributed by atoms with E-state index in [1.165, 1.54) is 28.4 Å². The lowest BCUT2D eigenvalue weighted by Crippen LogP contribution is -2.59. The molecule has 1 fully saturated rings. The molecule has 1 saturated heterocycles. The van der Waals surface area contributed by atoms with Gasteiger partial charge in [0, 0.05) is 12.1 Å². The Hall–Kier alpha value is -4.17. The van der Waals surface area contributed by atoms with Gasteiger partial charge in [-0.1, -0.05) is 48.6 Å². The fourth-order valence-corrected chi connectivity index (χ4v) is 4.48. The van der Waals surface area contributed by atoms with Crippen LogP contribution in [-0.2, 0) is 4.79 Å². The summed E-state index contributed by atoms with van der Waals surface area (Å²) in [7, 11) is 5.96. The van der Waals surface area contributed by atoms with Crippen molar-refractivity contribution in [2.24, 2.45) is 5.92 Å². The Morgan fingerprint density at radius 2 is 1.50 bits per heavy atom. The van der Waals surface area contributed by atoms with Crippen molar-refractivity contribution in [3.8, 4) is 28.7 Å². The number of phenols is 1. The third-order valence-electron chi connectivity index (χ3n) is 6.27. The first-order valence-electron chi connectivity index (χ1n) is 11.3. The standard InChI is InChI=1S/C28H29NO7/c1-33-22-13-11-18(14-21(22)31)26-25(20(30)12-10-17-8-6-5-7-9-17)28(32)29(26)19-15-23(34-2)27(36-4)24(16-19)35-3/h5-16,20,25-26,30-31H,1-4H3/b12-10+. The number of carbonyl (C=O) groups is 1. The van der Waals surface area contributed by atoms with Crippen LogP contribution in [-0.4, -0.2) is 50.7 Å². The molecule has 188 valence electrons. The fourth-order valence-electron chi connectivity index (χ4n) is 4.48. The normalized spacial score (nSPS) is 18.0. The second-order valence-corrected chi connectivity index (χ2v) is 8.25. The SMILES string of the molecule is COc1ccc(C2C(C(O)/C=C/c3ccccc3)C(=O)N2c2cc(OC)c(OC)c(OC)c2)cc1O. The number of benzene rings is 3. The number of nitrogens with zero attached hydrogens (tertiary/aromatic N) is 1. The summed E-state index contributed by atoms with van der Waals surface area (Å²) in [6, 6.07) is 17.2. The molecule has 3 aromatic carbocycles. The number of hydrogen-bond donors (Lipinski definition) is 2. The van der Waals surface area contributed by atoms with E-state index in [1.54, 1.807) is 47.4 Å². The predicted molar refractivity (Wildman–Crippen MR) is 136 cm³/mol. The van der Waals surface area contributed by atoms with Crippen LogP contribution in [0.15, 0.2) is 66.7 Å². The Balaban J connectivity index is 1.76. The summed E-state index contributed by atoms with van der Waals surface area (Å²) in [6.45, 7) is 0. The number of aliphatic hydroxyl groups excluding tert-OH is 1. The summed E-state index contributed by atoms with van der Waals surface area (Å²) in [5.41, 5.74) is 2.05. The Kier molecular flexibility index (Phi) is 7.36. The number of amides is 1. The molecule has 0 saturated carbocycles. The number of phenolic OH excluding ortho intramolecular Hbond substituents is 1. The van der Waals surface area contributed by atoms with Crippen LogP contribution in [0.4, 0.5) is 5.69 Å². The van der Waals surface area contributed by atoms with Gasteiger partial charge in [-0.25, -0.2) is 0 Å². The van der Waals surface area contributed by atoms with Crippen LogP contribution in [0.3, 0.4) is 0 Å². The van der Waals surface area contributed by atoms with E-state index in [1.807, 2.05) is 30.3 Å². The van der Waals surface area contributed by atoms with Crippen molar-refractivity contribution < 1.29 is 34.0 Å². The van der Waals surface area contributed by atoms with Crippen molar-refractivity contribution in [2.45, 2.75) is 12.1 Å². The lowest BCUT2D eigenvalue weighted by molar-refractivity contribution is -0.134. The molecule has 0 aromatic heterocycles. The molecular formula is C28H29NO7. The van der Waals surface area contributed by atoms with Crippen LogP contribution in [0.1, 0.15) is 17.2 Å². The van der Waals surface area contributed by atoms with Crippen LogP contribution >= 0.6 is 0 Å². The van der Waals surface area contributed by atoms with Crippen molar-refractivity contribution in [3.05, 3.63) is 77.9 Å². The first kappa shape index (κ1) is 24.9. The minimum absolute atomic E-state index is 0.0627. The van der Waals surface area contributed by atoms with Gasteiger partial charge in [-0.2, -0.15) is 0 Å². The van der Waals surface area contributed by atoms with E-state index in [0.29, 0.717) is 34.2 Å². The highest BCUT2D eigenvalue weighted by molar-refractivity contribution is 6.04. The summed E-state index contributed by atoms with van der Waals surface area (Å²) in [4.78, 5) is 15.0. The lowest BCUT2D eigenvalue weighted by Gasteiger charge is -2.49. The van der Waals surface area contributed by atoms with Gasteiger partial charge in [0.05, 0.1) is 52.2 Å². The van der Waals surface area contributed by atoms with E-state index in [-0.39, 0.29) is 11.7 Å². The van der Waals surface area contributed by atoms with E-state index in [2.05, 4.69) is 0 Å². The number of anilines is 1. The average Bonchev–Trinajstić information content (AvgIpc) is 2.90. The van der Waals surface area contributed by atoms with Gasteiger partial charge >= 0.3 is 0 Å². The molecule has 0 aliphatic carbocycles. The van der Waals surface area contributed by atoms with Gasteiger partial charge < -0.3 is 34.1 Å². The second kappa shape index (κ2) is 10.6. The van der Waals surface area contributed by atoms with Crippen molar-refractivity contribution in [2.75, 3.05) is 33.3 Å².